The van der Waals surface area contributed by atoms with E-state index in [1.165, 1.54) is 19.2 Å². The van der Waals surface area contributed by atoms with E-state index in [1.54, 1.807) is 0 Å². The molecule has 0 radical (unpaired) electrons. The zero-order valence-electron chi connectivity index (χ0n) is 8.81. The summed E-state index contributed by atoms with van der Waals surface area (Å²) in [5.41, 5.74) is 0.153. The van der Waals surface area contributed by atoms with E-state index in [9.17, 15) is 19.7 Å². The van der Waals surface area contributed by atoms with Gasteiger partial charge in [0.05, 0.1) is 22.9 Å². The molecule has 0 amide bonds. The van der Waals surface area contributed by atoms with Crippen molar-refractivity contribution in [3.8, 4) is 0 Å². The van der Waals surface area contributed by atoms with Crippen molar-refractivity contribution in [3.05, 3.63) is 37.8 Å². The lowest BCUT2D eigenvalue weighted by Gasteiger charge is -2.04. The maximum atomic E-state index is 11.1. The molecule has 0 atom stereocenters. The molecule has 0 fully saturated rings. The number of esters is 1. The van der Waals surface area contributed by atoms with Crippen molar-refractivity contribution in [1.82, 2.24) is 0 Å². The van der Waals surface area contributed by atoms with Crippen LogP contribution in [-0.4, -0.2) is 24.3 Å². The van der Waals surface area contributed by atoms with Gasteiger partial charge < -0.3 is 4.74 Å². The summed E-state index contributed by atoms with van der Waals surface area (Å²) in [5.74, 6) is -0.608. The second-order valence-electron chi connectivity index (χ2n) is 3.14. The Balaban J connectivity index is 3.31. The molecular weight excluding hydrogens is 294 g/mol. The van der Waals surface area contributed by atoms with Crippen LogP contribution in [0.4, 0.5) is 5.69 Å². The third-order valence-corrected chi connectivity index (χ3v) is 2.65. The van der Waals surface area contributed by atoms with Gasteiger partial charge >= 0.3 is 5.97 Å². The van der Waals surface area contributed by atoms with Gasteiger partial charge in [-0.2, -0.15) is 0 Å². The third-order valence-electron chi connectivity index (χ3n) is 2.05. The van der Waals surface area contributed by atoms with Crippen LogP contribution >= 0.6 is 15.9 Å². The molecule has 90 valence electrons. The Morgan fingerprint density at radius 2 is 2.24 bits per heavy atom. The SMILES string of the molecule is COC(=O)Cc1cc(C=O)cc(Br)c1[N+](=O)[O-]. The number of benzene rings is 1. The number of nitro groups is 1. The summed E-state index contributed by atoms with van der Waals surface area (Å²) < 4.78 is 4.60. The summed E-state index contributed by atoms with van der Waals surface area (Å²) in [4.78, 5) is 32.0. The molecule has 0 saturated heterocycles. The van der Waals surface area contributed by atoms with Crippen LogP contribution in [0, 0.1) is 10.1 Å². The van der Waals surface area contributed by atoms with E-state index in [-0.39, 0.29) is 27.7 Å². The normalized spacial score (nSPS) is 9.76. The number of aldehydes is 1. The summed E-state index contributed by atoms with van der Waals surface area (Å²) in [6.45, 7) is 0. The molecule has 0 bridgehead atoms. The number of carbonyl (C=O) groups is 2. The van der Waals surface area contributed by atoms with Crippen LogP contribution in [-0.2, 0) is 16.0 Å². The fraction of sp³-hybridized carbons (Fsp3) is 0.200. The highest BCUT2D eigenvalue weighted by Crippen LogP contribution is 2.30. The summed E-state index contributed by atoms with van der Waals surface area (Å²) >= 11 is 3.00. The lowest BCUT2D eigenvalue weighted by molar-refractivity contribution is -0.386. The van der Waals surface area contributed by atoms with E-state index >= 15 is 0 Å². The van der Waals surface area contributed by atoms with E-state index < -0.39 is 10.9 Å². The average molecular weight is 302 g/mol. The molecule has 6 nitrogen and oxygen atoms in total. The molecule has 0 unspecified atom stereocenters. The van der Waals surface area contributed by atoms with Crippen LogP contribution < -0.4 is 0 Å². The molecule has 0 heterocycles. The lowest BCUT2D eigenvalue weighted by Crippen LogP contribution is -2.08. The molecule has 0 aliphatic heterocycles. The number of methoxy groups -OCH3 is 1. The van der Waals surface area contributed by atoms with Crippen molar-refractivity contribution in [3.63, 3.8) is 0 Å². The van der Waals surface area contributed by atoms with Gasteiger partial charge in [0.2, 0.25) is 0 Å². The quantitative estimate of drug-likeness (QED) is 0.367. The largest absolute Gasteiger partial charge is 0.469 e. The molecule has 0 saturated carbocycles. The molecule has 0 aliphatic carbocycles. The van der Waals surface area contributed by atoms with Gasteiger partial charge in [-0.25, -0.2) is 0 Å². The van der Waals surface area contributed by atoms with Crippen molar-refractivity contribution in [2.24, 2.45) is 0 Å². The molecule has 0 aliphatic rings. The Morgan fingerprint density at radius 3 is 2.71 bits per heavy atom. The first kappa shape index (κ1) is 13.3. The average Bonchev–Trinajstić information content (AvgIpc) is 2.27. The number of ether oxygens (including phenoxy) is 1. The van der Waals surface area contributed by atoms with Crippen LogP contribution in [0.5, 0.6) is 0 Å². The van der Waals surface area contributed by atoms with E-state index in [0.717, 1.165) is 0 Å². The predicted molar refractivity (Wildman–Crippen MR) is 61.9 cm³/mol. The minimum absolute atomic E-state index is 0.137. The first-order valence-electron chi connectivity index (χ1n) is 4.48. The Kier molecular flexibility index (Phi) is 4.33. The number of rotatable bonds is 4. The number of hydrogen-bond donors (Lipinski definition) is 0. The van der Waals surface area contributed by atoms with Gasteiger partial charge in [-0.05, 0) is 28.1 Å². The van der Waals surface area contributed by atoms with Crippen LogP contribution in [0.1, 0.15) is 15.9 Å². The molecule has 1 rings (SSSR count). The highest BCUT2D eigenvalue weighted by Gasteiger charge is 2.21. The Morgan fingerprint density at radius 1 is 1.59 bits per heavy atom. The van der Waals surface area contributed by atoms with Crippen molar-refractivity contribution < 1.29 is 19.2 Å². The van der Waals surface area contributed by atoms with Crippen molar-refractivity contribution >= 4 is 33.9 Å². The second-order valence-corrected chi connectivity index (χ2v) is 3.99. The van der Waals surface area contributed by atoms with Gasteiger partial charge in [0.1, 0.15) is 6.29 Å². The van der Waals surface area contributed by atoms with Crippen molar-refractivity contribution in [1.29, 1.82) is 0 Å². The molecule has 0 N–H and O–H groups in total. The van der Waals surface area contributed by atoms with E-state index in [2.05, 4.69) is 20.7 Å². The molecule has 1 aromatic rings. The minimum Gasteiger partial charge on any atom is -0.469 e. The standard InChI is InChI=1S/C10H8BrNO5/c1-17-9(14)4-7-2-6(5-13)3-8(11)10(7)12(15)16/h2-3,5H,4H2,1H3. The Hall–Kier alpha value is -1.76. The van der Waals surface area contributed by atoms with Crippen molar-refractivity contribution in [2.75, 3.05) is 7.11 Å². The van der Waals surface area contributed by atoms with Gasteiger partial charge in [-0.15, -0.1) is 0 Å². The summed E-state index contributed by atoms with van der Waals surface area (Å²) in [7, 11) is 1.19. The van der Waals surface area contributed by atoms with Crippen LogP contribution in [0.2, 0.25) is 0 Å². The number of hydrogen-bond acceptors (Lipinski definition) is 5. The maximum absolute atomic E-state index is 11.1. The van der Waals surface area contributed by atoms with Gasteiger partial charge in [-0.1, -0.05) is 0 Å². The Bertz CT molecular complexity index is 486. The monoisotopic (exact) mass is 301 g/mol. The van der Waals surface area contributed by atoms with Gasteiger partial charge in [-0.3, -0.25) is 19.7 Å². The van der Waals surface area contributed by atoms with Crippen molar-refractivity contribution in [2.45, 2.75) is 6.42 Å². The first-order valence-corrected chi connectivity index (χ1v) is 5.27. The van der Waals surface area contributed by atoms with Crippen LogP contribution in [0.25, 0.3) is 0 Å². The molecule has 7 heteroatoms. The number of carbonyl (C=O) groups excluding carboxylic acids is 2. The predicted octanol–water partition coefficient (Wildman–Crippen LogP) is 1.89. The highest BCUT2D eigenvalue weighted by molar-refractivity contribution is 9.10. The molecule has 0 spiro atoms. The van der Waals surface area contributed by atoms with Crippen LogP contribution in [0.3, 0.4) is 0 Å². The number of halogens is 1. The first-order chi connectivity index (χ1) is 7.99. The maximum Gasteiger partial charge on any atom is 0.310 e. The fourth-order valence-corrected chi connectivity index (χ4v) is 1.98. The molecule has 0 aromatic heterocycles. The zero-order chi connectivity index (χ0) is 13.0. The van der Waals surface area contributed by atoms with E-state index in [4.69, 9.17) is 0 Å². The zero-order valence-corrected chi connectivity index (χ0v) is 10.4. The fourth-order valence-electron chi connectivity index (χ4n) is 1.31. The Labute approximate surface area is 105 Å². The number of nitro benzene ring substituents is 1. The molecular formula is C10H8BrNO5. The summed E-state index contributed by atoms with van der Waals surface area (Å²) in [6.07, 6.45) is 0.294. The van der Waals surface area contributed by atoms with E-state index in [0.29, 0.717) is 6.29 Å². The molecule has 1 aromatic carbocycles. The minimum atomic E-state index is -0.614. The van der Waals surface area contributed by atoms with Gasteiger partial charge in [0.25, 0.3) is 5.69 Å². The number of nitrogens with zero attached hydrogens (tertiary/aromatic N) is 1. The lowest BCUT2D eigenvalue weighted by atomic mass is 10.1. The topological polar surface area (TPSA) is 86.5 Å². The third kappa shape index (κ3) is 3.10. The van der Waals surface area contributed by atoms with Gasteiger partial charge in [0.15, 0.2) is 0 Å². The highest BCUT2D eigenvalue weighted by atomic mass is 79.9. The summed E-state index contributed by atoms with van der Waals surface area (Å²) in [5, 5.41) is 10.8. The van der Waals surface area contributed by atoms with Gasteiger partial charge in [0, 0.05) is 11.1 Å². The molecule has 17 heavy (non-hydrogen) atoms. The smallest absolute Gasteiger partial charge is 0.310 e. The second kappa shape index (κ2) is 5.53. The van der Waals surface area contributed by atoms with E-state index in [1.807, 2.05) is 0 Å². The summed E-state index contributed by atoms with van der Waals surface area (Å²) in [6, 6.07) is 2.62. The van der Waals surface area contributed by atoms with Crippen LogP contribution in [0.15, 0.2) is 16.6 Å².